The van der Waals surface area contributed by atoms with E-state index in [1.165, 1.54) is 6.08 Å². The van der Waals surface area contributed by atoms with E-state index in [9.17, 15) is 9.59 Å². The van der Waals surface area contributed by atoms with E-state index in [1.807, 2.05) is 53.2 Å². The fraction of sp³-hybridized carbons (Fsp3) is 0.154. The highest BCUT2D eigenvalue weighted by atomic mass is 16.2. The number of fused-ring (bicyclic) bond motifs is 1. The molecule has 8 heteroatoms. The molecule has 0 radical (unpaired) electrons. The SMILES string of the molecule is C=CC(=O)N1CCC(n2nc(-c3ccc(C(=O)Nc4ccccc4)cc3)c3c(N)nccc32)C1. The maximum Gasteiger partial charge on any atom is 0.255 e. The molecule has 2 aromatic carbocycles. The van der Waals surface area contributed by atoms with Gasteiger partial charge in [-0.2, -0.15) is 5.10 Å². The molecule has 8 nitrogen and oxygen atoms in total. The number of anilines is 2. The van der Waals surface area contributed by atoms with Gasteiger partial charge in [-0.3, -0.25) is 14.3 Å². The number of rotatable bonds is 5. The number of aromatic nitrogens is 3. The van der Waals surface area contributed by atoms with Gasteiger partial charge >= 0.3 is 0 Å². The first-order valence-electron chi connectivity index (χ1n) is 11.1. The first kappa shape index (κ1) is 21.4. The second kappa shape index (κ2) is 8.82. The number of hydrogen-bond acceptors (Lipinski definition) is 5. The highest BCUT2D eigenvalue weighted by Crippen LogP contribution is 2.35. The number of hydrogen-bond donors (Lipinski definition) is 2. The van der Waals surface area contributed by atoms with Crippen molar-refractivity contribution in [2.75, 3.05) is 24.1 Å². The maximum atomic E-state index is 12.6. The van der Waals surface area contributed by atoms with Crippen LogP contribution in [0.3, 0.4) is 0 Å². The van der Waals surface area contributed by atoms with Gasteiger partial charge in [0.15, 0.2) is 0 Å². The summed E-state index contributed by atoms with van der Waals surface area (Å²) in [5.41, 5.74) is 9.93. The molecule has 2 aromatic heterocycles. The number of carbonyl (C=O) groups excluding carboxylic acids is 2. The van der Waals surface area contributed by atoms with Gasteiger partial charge in [0.05, 0.1) is 16.9 Å². The Labute approximate surface area is 196 Å². The molecule has 1 aliphatic rings. The standard InChI is InChI=1S/C26H24N6O2/c1-2-22(33)31-15-13-20(16-31)32-21-12-14-28-25(27)23(21)24(30-32)17-8-10-18(11-9-17)26(34)29-19-6-4-3-5-7-19/h2-12,14,20H,1,13,15-16H2,(H2,27,28)(H,29,34). The number of para-hydroxylation sites is 1. The minimum atomic E-state index is -0.188. The van der Waals surface area contributed by atoms with Gasteiger partial charge in [-0.1, -0.05) is 36.9 Å². The number of likely N-dealkylation sites (tertiary alicyclic amines) is 1. The lowest BCUT2D eigenvalue weighted by Crippen LogP contribution is -2.27. The Morgan fingerprint density at radius 1 is 1.09 bits per heavy atom. The summed E-state index contributed by atoms with van der Waals surface area (Å²) in [5.74, 6) is 0.124. The Morgan fingerprint density at radius 2 is 1.85 bits per heavy atom. The molecule has 34 heavy (non-hydrogen) atoms. The van der Waals surface area contributed by atoms with Crippen molar-refractivity contribution in [1.82, 2.24) is 19.7 Å². The van der Waals surface area contributed by atoms with Gasteiger partial charge in [0, 0.05) is 36.1 Å². The molecule has 5 rings (SSSR count). The number of nitrogen functional groups attached to an aromatic ring is 1. The highest BCUT2D eigenvalue weighted by molar-refractivity contribution is 6.05. The van der Waals surface area contributed by atoms with Crippen molar-refractivity contribution in [2.45, 2.75) is 12.5 Å². The van der Waals surface area contributed by atoms with Crippen LogP contribution in [0, 0.1) is 0 Å². The van der Waals surface area contributed by atoms with Crippen LogP contribution in [-0.4, -0.2) is 44.6 Å². The van der Waals surface area contributed by atoms with Crippen LogP contribution in [0.15, 0.2) is 79.5 Å². The van der Waals surface area contributed by atoms with E-state index in [1.54, 1.807) is 23.2 Å². The van der Waals surface area contributed by atoms with Crippen molar-refractivity contribution >= 4 is 34.2 Å². The largest absolute Gasteiger partial charge is 0.383 e. The predicted molar refractivity (Wildman–Crippen MR) is 132 cm³/mol. The summed E-state index contributed by atoms with van der Waals surface area (Å²) in [6.45, 7) is 4.79. The molecule has 0 spiro atoms. The van der Waals surface area contributed by atoms with Gasteiger partial charge in [0.2, 0.25) is 5.91 Å². The number of nitrogens with one attached hydrogen (secondary N) is 1. The van der Waals surface area contributed by atoms with E-state index in [4.69, 9.17) is 10.8 Å². The highest BCUT2D eigenvalue weighted by Gasteiger charge is 2.29. The second-order valence-corrected chi connectivity index (χ2v) is 8.21. The topological polar surface area (TPSA) is 106 Å². The van der Waals surface area contributed by atoms with Crippen molar-refractivity contribution in [2.24, 2.45) is 0 Å². The summed E-state index contributed by atoms with van der Waals surface area (Å²) < 4.78 is 1.94. The fourth-order valence-corrected chi connectivity index (χ4v) is 4.37. The van der Waals surface area contributed by atoms with Gasteiger partial charge in [-0.25, -0.2) is 4.98 Å². The van der Waals surface area contributed by atoms with Gasteiger partial charge in [0.1, 0.15) is 11.5 Å². The molecule has 1 unspecified atom stereocenters. The quantitative estimate of drug-likeness (QED) is 0.447. The summed E-state index contributed by atoms with van der Waals surface area (Å²) in [6, 6.07) is 18.5. The zero-order chi connectivity index (χ0) is 23.7. The smallest absolute Gasteiger partial charge is 0.255 e. The predicted octanol–water partition coefficient (Wildman–Crippen LogP) is 3.89. The zero-order valence-corrected chi connectivity index (χ0v) is 18.5. The third kappa shape index (κ3) is 3.90. The number of pyridine rings is 1. The van der Waals surface area contributed by atoms with Crippen LogP contribution >= 0.6 is 0 Å². The van der Waals surface area contributed by atoms with E-state index >= 15 is 0 Å². The van der Waals surface area contributed by atoms with Crippen LogP contribution in [0.1, 0.15) is 22.8 Å². The summed E-state index contributed by atoms with van der Waals surface area (Å²) in [4.78, 5) is 30.7. The van der Waals surface area contributed by atoms with Crippen molar-refractivity contribution < 1.29 is 9.59 Å². The van der Waals surface area contributed by atoms with Gasteiger partial charge in [0.25, 0.3) is 5.91 Å². The maximum absolute atomic E-state index is 12.6. The van der Waals surface area contributed by atoms with Crippen LogP contribution in [0.2, 0.25) is 0 Å². The molecule has 3 N–H and O–H groups in total. The monoisotopic (exact) mass is 452 g/mol. The Kier molecular flexibility index (Phi) is 5.55. The summed E-state index contributed by atoms with van der Waals surface area (Å²) in [6.07, 6.45) is 3.79. The zero-order valence-electron chi connectivity index (χ0n) is 18.5. The minimum absolute atomic E-state index is 0.0258. The van der Waals surface area contributed by atoms with Crippen molar-refractivity contribution in [3.05, 3.63) is 85.1 Å². The van der Waals surface area contributed by atoms with Crippen molar-refractivity contribution in [3.8, 4) is 11.3 Å². The van der Waals surface area contributed by atoms with Crippen LogP contribution in [0.4, 0.5) is 11.5 Å². The number of amides is 2. The normalized spacial score (nSPS) is 15.4. The number of nitrogens with two attached hydrogens (primary N) is 1. The Hall–Kier alpha value is -4.46. The molecule has 1 aliphatic heterocycles. The Morgan fingerprint density at radius 3 is 2.59 bits per heavy atom. The number of benzene rings is 2. The molecule has 0 aliphatic carbocycles. The van der Waals surface area contributed by atoms with E-state index < -0.39 is 0 Å². The fourth-order valence-electron chi connectivity index (χ4n) is 4.37. The number of carbonyl (C=O) groups is 2. The molecule has 1 atom stereocenters. The lowest BCUT2D eigenvalue weighted by molar-refractivity contribution is -0.125. The molecule has 1 fully saturated rings. The molecule has 170 valence electrons. The first-order chi connectivity index (χ1) is 16.5. The van der Waals surface area contributed by atoms with E-state index in [0.717, 1.165) is 28.6 Å². The van der Waals surface area contributed by atoms with Crippen molar-refractivity contribution in [1.29, 1.82) is 0 Å². The average molecular weight is 453 g/mol. The lowest BCUT2D eigenvalue weighted by atomic mass is 10.1. The average Bonchev–Trinajstić information content (AvgIpc) is 3.50. The molecule has 0 saturated carbocycles. The summed E-state index contributed by atoms with van der Waals surface area (Å²) in [7, 11) is 0. The number of nitrogens with zero attached hydrogens (tertiary/aromatic N) is 4. The summed E-state index contributed by atoms with van der Waals surface area (Å²) >= 11 is 0. The molecule has 1 saturated heterocycles. The van der Waals surface area contributed by atoms with Crippen LogP contribution in [0.5, 0.6) is 0 Å². The van der Waals surface area contributed by atoms with Gasteiger partial charge in [-0.15, -0.1) is 0 Å². The van der Waals surface area contributed by atoms with Crippen LogP contribution in [-0.2, 0) is 4.79 Å². The minimum Gasteiger partial charge on any atom is -0.383 e. The lowest BCUT2D eigenvalue weighted by Gasteiger charge is -2.15. The summed E-state index contributed by atoms with van der Waals surface area (Å²) in [5, 5.41) is 8.55. The molecule has 3 heterocycles. The van der Waals surface area contributed by atoms with Crippen LogP contribution < -0.4 is 11.1 Å². The third-order valence-corrected chi connectivity index (χ3v) is 6.10. The van der Waals surface area contributed by atoms with Crippen molar-refractivity contribution in [3.63, 3.8) is 0 Å². The molecular weight excluding hydrogens is 428 g/mol. The van der Waals surface area contributed by atoms with E-state index in [0.29, 0.717) is 30.2 Å². The first-order valence-corrected chi connectivity index (χ1v) is 11.1. The second-order valence-electron chi connectivity index (χ2n) is 8.21. The molecular formula is C26H24N6O2. The molecule has 2 amide bonds. The van der Waals surface area contributed by atoms with Gasteiger partial charge in [-0.05, 0) is 42.8 Å². The third-order valence-electron chi connectivity index (χ3n) is 6.10. The van der Waals surface area contributed by atoms with E-state index in [2.05, 4.69) is 16.9 Å². The Bertz CT molecular complexity index is 1380. The Balaban J connectivity index is 1.46. The molecule has 0 bridgehead atoms. The van der Waals surface area contributed by atoms with Crippen LogP contribution in [0.25, 0.3) is 22.2 Å². The van der Waals surface area contributed by atoms with Gasteiger partial charge < -0.3 is 16.0 Å². The molecule has 4 aromatic rings. The van der Waals surface area contributed by atoms with E-state index in [-0.39, 0.29) is 17.9 Å².